The van der Waals surface area contributed by atoms with Crippen molar-refractivity contribution in [3.63, 3.8) is 0 Å². The van der Waals surface area contributed by atoms with Gasteiger partial charge in [0.05, 0.1) is 0 Å². The Kier molecular flexibility index (Phi) is 13.7. The van der Waals surface area contributed by atoms with Gasteiger partial charge in [-0.25, -0.2) is 0 Å². The van der Waals surface area contributed by atoms with E-state index in [-0.39, 0.29) is 0 Å². The molecule has 1 unspecified atom stereocenters. The van der Waals surface area contributed by atoms with Crippen LogP contribution in [0.1, 0.15) is 94.5 Å². The highest BCUT2D eigenvalue weighted by molar-refractivity contribution is 7.15. The van der Waals surface area contributed by atoms with Crippen molar-refractivity contribution in [2.24, 2.45) is 0 Å². The lowest BCUT2D eigenvalue weighted by atomic mass is 9.97. The molecule has 9 aromatic carbocycles. The van der Waals surface area contributed by atoms with Gasteiger partial charge in [-0.3, -0.25) is 0 Å². The highest BCUT2D eigenvalue weighted by Crippen LogP contribution is 2.54. The lowest BCUT2D eigenvalue weighted by Gasteiger charge is -2.52. The van der Waals surface area contributed by atoms with E-state index in [4.69, 9.17) is 0 Å². The van der Waals surface area contributed by atoms with E-state index < -0.39 is 13.1 Å². The molecule has 9 aromatic rings. The Morgan fingerprint density at radius 2 is 0.500 bits per heavy atom. The number of rotatable bonds is 16. The van der Waals surface area contributed by atoms with Crippen LogP contribution in [0.3, 0.4) is 0 Å². The normalized spacial score (nSPS) is 14.7. The topological polar surface area (TPSA) is 0 Å². The van der Waals surface area contributed by atoms with Gasteiger partial charge in [-0.2, -0.15) is 0 Å². The predicted molar refractivity (Wildman–Crippen MR) is 300 cm³/mol. The van der Waals surface area contributed by atoms with Gasteiger partial charge in [0.25, 0.3) is 0 Å². The first-order chi connectivity index (χ1) is 34.3. The van der Waals surface area contributed by atoms with Crippen LogP contribution in [0.15, 0.2) is 259 Å². The first-order valence-electron chi connectivity index (χ1n) is 25.3. The second-order valence-corrected chi connectivity index (χ2v) is 23.9. The number of hydrogen-bond acceptors (Lipinski definition) is 0. The molecule has 0 aromatic heterocycles. The summed E-state index contributed by atoms with van der Waals surface area (Å²) in [5.74, 6) is 0. The molecular formula is C69H64Si. The fourth-order valence-electron chi connectivity index (χ4n) is 12.1. The van der Waals surface area contributed by atoms with Crippen LogP contribution in [0.25, 0.3) is 0 Å². The molecule has 344 valence electrons. The van der Waals surface area contributed by atoms with Crippen molar-refractivity contribution in [2.75, 3.05) is 0 Å². The first-order valence-corrected chi connectivity index (χ1v) is 27.3. The van der Waals surface area contributed by atoms with Gasteiger partial charge < -0.3 is 0 Å². The van der Waals surface area contributed by atoms with Crippen LogP contribution in [-0.4, -0.2) is 8.07 Å². The lowest BCUT2D eigenvalue weighted by molar-refractivity contribution is 0.864. The Morgan fingerprint density at radius 3 is 0.686 bits per heavy atom. The first kappa shape index (κ1) is 46.4. The molecule has 0 fully saturated rings. The minimum Gasteiger partial charge on any atom is -0.0730 e. The fourth-order valence-corrected chi connectivity index (χ4v) is 19.5. The largest absolute Gasteiger partial charge is 0.163 e. The Bertz CT molecular complexity index is 2770. The minimum atomic E-state index is -3.59. The summed E-state index contributed by atoms with van der Waals surface area (Å²) in [6, 6.07) is 89.7. The van der Waals surface area contributed by atoms with Crippen LogP contribution < -0.4 is 15.6 Å². The zero-order valence-corrected chi connectivity index (χ0v) is 42.3. The average molecular weight is 921 g/mol. The molecule has 0 spiro atoms. The Hall–Kier alpha value is -7.32. The van der Waals surface area contributed by atoms with Gasteiger partial charge in [0, 0.05) is 5.04 Å². The van der Waals surface area contributed by atoms with Gasteiger partial charge in [-0.1, -0.05) is 261 Å². The second kappa shape index (κ2) is 20.7. The molecular weight excluding hydrogens is 857 g/mol. The van der Waals surface area contributed by atoms with Crippen LogP contribution in [-0.2, 0) is 38.5 Å². The lowest BCUT2D eigenvalue weighted by Crippen LogP contribution is -2.77. The second-order valence-electron chi connectivity index (χ2n) is 19.9. The standard InChI is InChI=1S/C69H64Si/c1-51-50-69(4,53(3)52(51)2)70(66-60(44-54-26-11-5-12-27-54)38-23-39-61(66)45-55-28-13-6-14-29-55,67-62(46-56-30-15-7-16-31-56)40-24-41-63(67)47-57-32-17-8-18-33-57)68-64(48-58-34-19-9-20-35-58)42-25-43-65(68)49-59-36-21-10-22-37-59/h5-43,50H,44-49H2,1-4H3. The summed E-state index contributed by atoms with van der Waals surface area (Å²) in [5.41, 5.74) is 20.8. The third-order valence-electron chi connectivity index (χ3n) is 15.5. The van der Waals surface area contributed by atoms with Crippen LogP contribution in [0.5, 0.6) is 0 Å². The molecule has 0 bridgehead atoms. The van der Waals surface area contributed by atoms with Crippen LogP contribution in [0.2, 0.25) is 5.04 Å². The maximum atomic E-state index is 2.76. The van der Waals surface area contributed by atoms with Crippen LogP contribution >= 0.6 is 0 Å². The molecule has 0 aliphatic heterocycles. The highest BCUT2D eigenvalue weighted by Gasteiger charge is 2.60. The maximum Gasteiger partial charge on any atom is 0.163 e. The zero-order chi connectivity index (χ0) is 47.9. The summed E-state index contributed by atoms with van der Waals surface area (Å²) in [6.07, 6.45) is 7.74. The van der Waals surface area contributed by atoms with Gasteiger partial charge in [-0.05, 0) is 147 Å². The van der Waals surface area contributed by atoms with E-state index in [0.29, 0.717) is 0 Å². The van der Waals surface area contributed by atoms with Gasteiger partial charge in [0.1, 0.15) is 0 Å². The summed E-state index contributed by atoms with van der Waals surface area (Å²) in [5, 5.41) is 4.28. The van der Waals surface area contributed by atoms with E-state index in [0.717, 1.165) is 38.5 Å². The van der Waals surface area contributed by atoms with Crippen LogP contribution in [0, 0.1) is 0 Å². The summed E-state index contributed by atoms with van der Waals surface area (Å²) in [6.45, 7) is 9.95. The molecule has 0 saturated carbocycles. The van der Waals surface area contributed by atoms with Gasteiger partial charge in [0.15, 0.2) is 8.07 Å². The fraction of sp³-hybridized carbons (Fsp3) is 0.159. The average Bonchev–Trinajstić information content (AvgIpc) is 3.59. The molecule has 0 heterocycles. The summed E-state index contributed by atoms with van der Waals surface area (Å²) in [7, 11) is -3.59. The van der Waals surface area contributed by atoms with Crippen molar-refractivity contribution in [1.82, 2.24) is 0 Å². The molecule has 0 N–H and O–H groups in total. The molecule has 0 amide bonds. The van der Waals surface area contributed by atoms with Crippen molar-refractivity contribution in [3.8, 4) is 0 Å². The molecule has 0 radical (unpaired) electrons. The summed E-state index contributed by atoms with van der Waals surface area (Å²) in [4.78, 5) is 0. The van der Waals surface area contributed by atoms with Gasteiger partial charge in [0.2, 0.25) is 0 Å². The minimum absolute atomic E-state index is 0.407. The number of allylic oxidation sites excluding steroid dienone is 4. The molecule has 1 heteroatoms. The molecule has 1 aliphatic carbocycles. The molecule has 0 nitrogen and oxygen atoms in total. The van der Waals surface area contributed by atoms with Crippen molar-refractivity contribution >= 4 is 23.6 Å². The Balaban J connectivity index is 1.47. The molecule has 70 heavy (non-hydrogen) atoms. The van der Waals surface area contributed by atoms with E-state index in [1.165, 1.54) is 83.5 Å². The van der Waals surface area contributed by atoms with Gasteiger partial charge >= 0.3 is 0 Å². The predicted octanol–water partition coefficient (Wildman–Crippen LogP) is 14.8. The molecule has 1 atom stereocenters. The van der Waals surface area contributed by atoms with E-state index >= 15 is 0 Å². The van der Waals surface area contributed by atoms with E-state index in [2.05, 4.69) is 270 Å². The van der Waals surface area contributed by atoms with Crippen molar-refractivity contribution < 1.29 is 0 Å². The number of benzene rings is 9. The third kappa shape index (κ3) is 9.27. The summed E-state index contributed by atoms with van der Waals surface area (Å²) >= 11 is 0. The monoisotopic (exact) mass is 920 g/mol. The smallest absolute Gasteiger partial charge is 0.0730 e. The maximum absolute atomic E-state index is 3.59. The van der Waals surface area contributed by atoms with E-state index in [1.54, 1.807) is 15.6 Å². The van der Waals surface area contributed by atoms with Crippen LogP contribution in [0.4, 0.5) is 0 Å². The third-order valence-corrected chi connectivity index (χ3v) is 21.7. The molecule has 0 saturated heterocycles. The molecule has 1 aliphatic rings. The summed E-state index contributed by atoms with van der Waals surface area (Å²) < 4.78 is 0. The highest BCUT2D eigenvalue weighted by atomic mass is 28.3. The Morgan fingerprint density at radius 1 is 0.286 bits per heavy atom. The Labute approximate surface area is 418 Å². The van der Waals surface area contributed by atoms with Crippen molar-refractivity contribution in [1.29, 1.82) is 0 Å². The van der Waals surface area contributed by atoms with Gasteiger partial charge in [-0.15, -0.1) is 0 Å². The van der Waals surface area contributed by atoms with Crippen molar-refractivity contribution in [2.45, 2.75) is 71.3 Å². The van der Waals surface area contributed by atoms with E-state index in [1.807, 2.05) is 0 Å². The quantitative estimate of drug-likeness (QED) is 0.0669. The van der Waals surface area contributed by atoms with E-state index in [9.17, 15) is 0 Å². The SMILES string of the molecule is CC1=CC(C)([Si](c2c(Cc3ccccc3)cccc2Cc2ccccc2)(c2c(Cc3ccccc3)cccc2Cc2ccccc2)c2c(Cc3ccccc3)cccc2Cc2ccccc2)C(C)=C1C. The molecule has 10 rings (SSSR count). The number of hydrogen-bond donors (Lipinski definition) is 0. The zero-order valence-electron chi connectivity index (χ0n) is 41.3. The van der Waals surface area contributed by atoms with Crippen molar-refractivity contribution in [3.05, 3.63) is 326 Å².